The van der Waals surface area contributed by atoms with Gasteiger partial charge in [-0.25, -0.2) is 0 Å². The molecule has 1 rings (SSSR count). The number of halogens is 3. The molecule has 11 heavy (non-hydrogen) atoms. The van der Waals surface area contributed by atoms with Crippen molar-refractivity contribution in [1.82, 2.24) is 0 Å². The van der Waals surface area contributed by atoms with Crippen molar-refractivity contribution < 1.29 is 17.2 Å². The second-order valence-electron chi connectivity index (χ2n) is 1.44. The Hall–Kier alpha value is 0.474. The van der Waals surface area contributed by atoms with Gasteiger partial charge in [-0.1, -0.05) is 0 Å². The van der Waals surface area contributed by atoms with E-state index in [9.17, 15) is 0 Å². The second kappa shape index (κ2) is 10.5. The number of nitrogens with zero attached hydrogens (tertiary/aromatic N) is 1. The fourth-order valence-corrected chi connectivity index (χ4v) is 0.703. The Bertz CT molecular complexity index is 180. The third-order valence-electron chi connectivity index (χ3n) is 0.872. The van der Waals surface area contributed by atoms with Gasteiger partial charge < -0.3 is 0 Å². The van der Waals surface area contributed by atoms with Crippen LogP contribution in [0.25, 0.3) is 0 Å². The van der Waals surface area contributed by atoms with Gasteiger partial charge in [-0.3, -0.25) is 0 Å². The number of hydrogen-bond donors (Lipinski definition) is 0. The van der Waals surface area contributed by atoms with Crippen molar-refractivity contribution in [3.63, 3.8) is 0 Å². The van der Waals surface area contributed by atoms with Gasteiger partial charge in [0, 0.05) is 0 Å². The Labute approximate surface area is 94.0 Å². The van der Waals surface area contributed by atoms with Crippen molar-refractivity contribution in [2.45, 2.75) is 0 Å². The SMILES string of the molecule is Cl.Cl.Cl.[V]=[N]c1ccccc1. The van der Waals surface area contributed by atoms with E-state index >= 15 is 0 Å². The van der Waals surface area contributed by atoms with Gasteiger partial charge in [0.15, 0.2) is 0 Å². The molecular weight excluding hydrogens is 243 g/mol. The first-order valence-electron chi connectivity index (χ1n) is 2.33. The molecule has 0 unspecified atom stereocenters. The average Bonchev–Trinajstić information content (AvgIpc) is 1.90. The van der Waals surface area contributed by atoms with E-state index in [1.165, 1.54) is 0 Å². The van der Waals surface area contributed by atoms with E-state index in [4.69, 9.17) is 0 Å². The van der Waals surface area contributed by atoms with Gasteiger partial charge in [0.1, 0.15) is 0 Å². The molecule has 0 atom stereocenters. The molecule has 0 amide bonds. The standard InChI is InChI=1S/C6H5N.3ClH.V/c7-6-4-2-1-3-5-6;;;;/h1-5H;3*1H;. The Morgan fingerprint density at radius 1 is 0.909 bits per heavy atom. The van der Waals surface area contributed by atoms with Gasteiger partial charge in [0.05, 0.1) is 0 Å². The van der Waals surface area contributed by atoms with Crippen LogP contribution in [0.2, 0.25) is 0 Å². The summed E-state index contributed by atoms with van der Waals surface area (Å²) in [5.74, 6) is 0. The fourth-order valence-electron chi connectivity index (χ4n) is 0.495. The molecule has 63 valence electrons. The van der Waals surface area contributed by atoms with Crippen LogP contribution in [0.5, 0.6) is 0 Å². The molecule has 1 aromatic rings. The zero-order valence-electron chi connectivity index (χ0n) is 5.51. The Morgan fingerprint density at radius 2 is 1.36 bits per heavy atom. The first-order chi connectivity index (χ1) is 3.93. The Balaban J connectivity index is -0.000000213. The zero-order valence-corrected chi connectivity index (χ0v) is 9.35. The molecule has 0 spiro atoms. The van der Waals surface area contributed by atoms with Crippen LogP contribution in [0.3, 0.4) is 0 Å². The topological polar surface area (TPSA) is 12.4 Å². The van der Waals surface area contributed by atoms with E-state index in [1.54, 1.807) is 0 Å². The molecule has 0 fully saturated rings. The normalized spacial score (nSPS) is 6.09. The quantitative estimate of drug-likeness (QED) is 0.726. The van der Waals surface area contributed by atoms with Crippen molar-refractivity contribution in [2.24, 2.45) is 3.79 Å². The number of rotatable bonds is 1. The molecule has 0 aliphatic carbocycles. The maximum atomic E-state index is 3.91. The molecule has 0 N–H and O–H groups in total. The van der Waals surface area contributed by atoms with Gasteiger partial charge in [-0.2, -0.15) is 0 Å². The molecule has 1 nitrogen and oxygen atoms in total. The van der Waals surface area contributed by atoms with Crippen LogP contribution >= 0.6 is 37.2 Å². The molecule has 0 saturated carbocycles. The van der Waals surface area contributed by atoms with Gasteiger partial charge in [0.25, 0.3) is 0 Å². The van der Waals surface area contributed by atoms with E-state index in [1.807, 2.05) is 30.3 Å². The van der Waals surface area contributed by atoms with Crippen LogP contribution in [-0.2, 0) is 17.2 Å². The Kier molecular flexibility index (Phi) is 16.7. The monoisotopic (exact) mass is 250 g/mol. The molecule has 0 aromatic heterocycles. The summed E-state index contributed by atoms with van der Waals surface area (Å²) in [7, 11) is 0. The third-order valence-corrected chi connectivity index (χ3v) is 1.23. The van der Waals surface area contributed by atoms with Crippen LogP contribution in [0.15, 0.2) is 34.1 Å². The van der Waals surface area contributed by atoms with E-state index < -0.39 is 0 Å². The van der Waals surface area contributed by atoms with Gasteiger partial charge in [-0.05, 0) is 0 Å². The second-order valence-corrected chi connectivity index (χ2v) is 1.75. The molecule has 0 aliphatic heterocycles. The minimum atomic E-state index is 0. The summed E-state index contributed by atoms with van der Waals surface area (Å²) in [6.07, 6.45) is 0. The summed E-state index contributed by atoms with van der Waals surface area (Å²) in [6, 6.07) is 9.82. The molecular formula is C6H8Cl3NV. The van der Waals surface area contributed by atoms with Crippen LogP contribution in [0.1, 0.15) is 0 Å². The molecule has 0 heterocycles. The molecule has 0 bridgehead atoms. The molecule has 5 heteroatoms. The fraction of sp³-hybridized carbons (Fsp3) is 0. The summed E-state index contributed by atoms with van der Waals surface area (Å²) in [5, 5.41) is 0. The van der Waals surface area contributed by atoms with Crippen molar-refractivity contribution in [3.8, 4) is 0 Å². The van der Waals surface area contributed by atoms with Crippen molar-refractivity contribution >= 4 is 42.9 Å². The molecule has 0 saturated heterocycles. The van der Waals surface area contributed by atoms with E-state index in [0.717, 1.165) is 5.69 Å². The number of hydrogen-bond acceptors (Lipinski definition) is 1. The minimum absolute atomic E-state index is 0. The summed E-state index contributed by atoms with van der Waals surface area (Å²) in [4.78, 5) is 0. The van der Waals surface area contributed by atoms with Gasteiger partial charge >= 0.3 is 57.0 Å². The summed E-state index contributed by atoms with van der Waals surface area (Å²) in [5.41, 5.74) is 1.01. The average molecular weight is 251 g/mol. The van der Waals surface area contributed by atoms with Gasteiger partial charge in [0.2, 0.25) is 0 Å². The van der Waals surface area contributed by atoms with Crippen LogP contribution in [-0.4, -0.2) is 0 Å². The van der Waals surface area contributed by atoms with E-state index in [2.05, 4.69) is 21.0 Å². The molecule has 1 aromatic carbocycles. The van der Waals surface area contributed by atoms with E-state index in [-0.39, 0.29) is 37.2 Å². The first kappa shape index (κ1) is 17.5. The first-order valence-corrected chi connectivity index (χ1v) is 2.96. The maximum absolute atomic E-state index is 3.91. The zero-order chi connectivity index (χ0) is 5.82. The third kappa shape index (κ3) is 6.86. The van der Waals surface area contributed by atoms with Crippen molar-refractivity contribution in [1.29, 1.82) is 0 Å². The van der Waals surface area contributed by atoms with E-state index in [0.29, 0.717) is 0 Å². The van der Waals surface area contributed by atoms with Crippen LogP contribution in [0, 0.1) is 0 Å². The van der Waals surface area contributed by atoms with Gasteiger partial charge in [-0.15, -0.1) is 37.2 Å². The van der Waals surface area contributed by atoms with Crippen LogP contribution in [0.4, 0.5) is 5.69 Å². The molecule has 0 aliphatic rings. The Morgan fingerprint density at radius 3 is 1.64 bits per heavy atom. The number of benzene rings is 1. The van der Waals surface area contributed by atoms with Crippen LogP contribution < -0.4 is 0 Å². The summed E-state index contributed by atoms with van der Waals surface area (Å²) < 4.78 is 3.91. The predicted octanol–water partition coefficient (Wildman–Crippen LogP) is 3.31. The van der Waals surface area contributed by atoms with Crippen molar-refractivity contribution in [3.05, 3.63) is 30.3 Å². The van der Waals surface area contributed by atoms with Crippen molar-refractivity contribution in [2.75, 3.05) is 0 Å². The summed E-state index contributed by atoms with van der Waals surface area (Å²) in [6.45, 7) is 0. The molecule has 0 radical (unpaired) electrons. The summed E-state index contributed by atoms with van der Waals surface area (Å²) >= 11 is 2.19. The predicted molar refractivity (Wildman–Crippen MR) is 50.3 cm³/mol.